The Balaban J connectivity index is 1.34. The minimum atomic E-state index is -0.0358. The van der Waals surface area contributed by atoms with Gasteiger partial charge in [-0.05, 0) is 70.3 Å². The predicted octanol–water partition coefficient (Wildman–Crippen LogP) is 2.78. The average Bonchev–Trinajstić information content (AvgIpc) is 2.84. The van der Waals surface area contributed by atoms with E-state index in [0.717, 1.165) is 74.5 Å². The zero-order chi connectivity index (χ0) is 23.7. The summed E-state index contributed by atoms with van der Waals surface area (Å²) >= 11 is 0. The second-order valence-electron chi connectivity index (χ2n) is 10.2. The molecule has 8 nitrogen and oxygen atoms in total. The molecule has 2 fully saturated rings. The molecule has 2 aromatic heterocycles. The standard InChI is InChI=1S/C26H36N6O2/c1-17-4-5-19(13-27-17)23-15-31(3)9-6-22(23)25(33)32-16-24-20(12-18(32)2)14-28-26(30-24)29-21-7-10-34-11-8-21/h4-5,13-14,18,21-23H,6-12,15-16H2,1-3H3,(H,28,29,30)/t18-,22+,23-/m1/s1. The van der Waals surface area contributed by atoms with E-state index in [1.54, 1.807) is 0 Å². The van der Waals surface area contributed by atoms with Crippen LogP contribution in [0.3, 0.4) is 0 Å². The molecule has 1 amide bonds. The average molecular weight is 465 g/mol. The lowest BCUT2D eigenvalue weighted by atomic mass is 9.79. The summed E-state index contributed by atoms with van der Waals surface area (Å²) in [6.45, 7) is 8.05. The molecule has 5 heterocycles. The van der Waals surface area contributed by atoms with E-state index in [-0.39, 0.29) is 23.8 Å². The summed E-state index contributed by atoms with van der Waals surface area (Å²) in [6, 6.07) is 4.67. The number of piperidine rings is 1. The molecule has 0 unspecified atom stereocenters. The van der Waals surface area contributed by atoms with Crippen LogP contribution >= 0.6 is 0 Å². The maximum atomic E-state index is 13.9. The Hall–Kier alpha value is -2.58. The number of anilines is 1. The minimum Gasteiger partial charge on any atom is -0.381 e. The molecule has 5 rings (SSSR count). The lowest BCUT2D eigenvalue weighted by Gasteiger charge is -2.41. The van der Waals surface area contributed by atoms with Crippen LogP contribution in [0.2, 0.25) is 0 Å². The number of nitrogens with one attached hydrogen (secondary N) is 1. The number of ether oxygens (including phenoxy) is 1. The number of hydrogen-bond donors (Lipinski definition) is 1. The van der Waals surface area contributed by atoms with Crippen LogP contribution in [-0.2, 0) is 22.5 Å². The molecule has 182 valence electrons. The Kier molecular flexibility index (Phi) is 6.79. The third-order valence-corrected chi connectivity index (χ3v) is 7.65. The van der Waals surface area contributed by atoms with Crippen molar-refractivity contribution >= 4 is 11.9 Å². The number of pyridine rings is 1. The highest BCUT2D eigenvalue weighted by atomic mass is 16.5. The Morgan fingerprint density at radius 1 is 1.15 bits per heavy atom. The monoisotopic (exact) mass is 464 g/mol. The highest BCUT2D eigenvalue weighted by Crippen LogP contribution is 2.35. The number of carbonyl (C=O) groups is 1. The number of rotatable bonds is 4. The summed E-state index contributed by atoms with van der Waals surface area (Å²) in [6.07, 6.45) is 7.49. The lowest BCUT2D eigenvalue weighted by Crippen LogP contribution is -2.50. The molecule has 1 N–H and O–H groups in total. The third-order valence-electron chi connectivity index (χ3n) is 7.65. The highest BCUT2D eigenvalue weighted by Gasteiger charge is 2.39. The van der Waals surface area contributed by atoms with Gasteiger partial charge in [-0.25, -0.2) is 9.97 Å². The molecule has 3 aliphatic heterocycles. The van der Waals surface area contributed by atoms with Gasteiger partial charge in [-0.3, -0.25) is 9.78 Å². The topological polar surface area (TPSA) is 83.5 Å². The molecule has 8 heteroatoms. The molecule has 0 radical (unpaired) electrons. The quantitative estimate of drug-likeness (QED) is 0.745. The van der Waals surface area contributed by atoms with Gasteiger partial charge >= 0.3 is 0 Å². The van der Waals surface area contributed by atoms with Crippen LogP contribution in [0.4, 0.5) is 5.95 Å². The third kappa shape index (κ3) is 4.93. The number of hydrogen-bond acceptors (Lipinski definition) is 7. The van der Waals surface area contributed by atoms with Crippen molar-refractivity contribution in [1.29, 1.82) is 0 Å². The van der Waals surface area contributed by atoms with E-state index in [0.29, 0.717) is 18.5 Å². The summed E-state index contributed by atoms with van der Waals surface area (Å²) < 4.78 is 5.46. The van der Waals surface area contributed by atoms with Gasteiger partial charge < -0.3 is 19.9 Å². The summed E-state index contributed by atoms with van der Waals surface area (Å²) in [5.41, 5.74) is 4.28. The number of carbonyl (C=O) groups excluding carboxylic acids is 1. The fraction of sp³-hybridized carbons (Fsp3) is 0.615. The van der Waals surface area contributed by atoms with E-state index in [9.17, 15) is 4.79 Å². The van der Waals surface area contributed by atoms with Crippen molar-refractivity contribution in [1.82, 2.24) is 24.8 Å². The van der Waals surface area contributed by atoms with Crippen molar-refractivity contribution in [2.45, 2.75) is 64.1 Å². The van der Waals surface area contributed by atoms with Crippen molar-refractivity contribution in [3.8, 4) is 0 Å². The number of aryl methyl sites for hydroxylation is 1. The normalized spacial score (nSPS) is 26.2. The van der Waals surface area contributed by atoms with Crippen LogP contribution in [0.1, 0.15) is 54.6 Å². The molecule has 3 atom stereocenters. The molecule has 0 saturated carbocycles. The zero-order valence-electron chi connectivity index (χ0n) is 20.5. The summed E-state index contributed by atoms with van der Waals surface area (Å²) in [5, 5.41) is 3.47. The van der Waals surface area contributed by atoms with E-state index in [1.165, 1.54) is 0 Å². The van der Waals surface area contributed by atoms with Crippen LogP contribution in [0.15, 0.2) is 24.5 Å². The van der Waals surface area contributed by atoms with Crippen LogP contribution in [-0.4, -0.2) is 76.1 Å². The van der Waals surface area contributed by atoms with Crippen LogP contribution in [0.5, 0.6) is 0 Å². The largest absolute Gasteiger partial charge is 0.381 e. The SMILES string of the molecule is Cc1ccc([C@H]2CN(C)CC[C@@H]2C(=O)N2Cc3nc(NC4CCOCC4)ncc3C[C@H]2C)cn1. The van der Waals surface area contributed by atoms with E-state index >= 15 is 0 Å². The smallest absolute Gasteiger partial charge is 0.227 e. The van der Waals surface area contributed by atoms with Gasteiger partial charge in [-0.2, -0.15) is 0 Å². The zero-order valence-corrected chi connectivity index (χ0v) is 20.5. The summed E-state index contributed by atoms with van der Waals surface area (Å²) in [5.74, 6) is 1.03. The van der Waals surface area contributed by atoms with Crippen molar-refractivity contribution in [2.75, 3.05) is 38.7 Å². The number of fused-ring (bicyclic) bond motifs is 1. The Bertz CT molecular complexity index is 1010. The second kappa shape index (κ2) is 9.96. The highest BCUT2D eigenvalue weighted by molar-refractivity contribution is 5.80. The van der Waals surface area contributed by atoms with Gasteiger partial charge in [0.15, 0.2) is 0 Å². The van der Waals surface area contributed by atoms with Crippen molar-refractivity contribution in [3.63, 3.8) is 0 Å². The van der Waals surface area contributed by atoms with Gasteiger partial charge in [0.05, 0.1) is 12.2 Å². The van der Waals surface area contributed by atoms with Gasteiger partial charge in [0, 0.05) is 61.8 Å². The molecule has 0 aromatic carbocycles. The molecular weight excluding hydrogens is 428 g/mol. The molecule has 0 spiro atoms. The molecule has 34 heavy (non-hydrogen) atoms. The first-order chi connectivity index (χ1) is 16.5. The summed E-state index contributed by atoms with van der Waals surface area (Å²) in [7, 11) is 2.14. The number of amides is 1. The lowest BCUT2D eigenvalue weighted by molar-refractivity contribution is -0.141. The first-order valence-corrected chi connectivity index (χ1v) is 12.6. The van der Waals surface area contributed by atoms with Crippen LogP contribution < -0.4 is 5.32 Å². The molecule has 2 saturated heterocycles. The van der Waals surface area contributed by atoms with Crippen molar-refractivity contribution in [3.05, 3.63) is 47.0 Å². The summed E-state index contributed by atoms with van der Waals surface area (Å²) in [4.78, 5) is 32.2. The van der Waals surface area contributed by atoms with E-state index in [4.69, 9.17) is 9.72 Å². The maximum absolute atomic E-state index is 13.9. The molecule has 0 bridgehead atoms. The van der Waals surface area contributed by atoms with Gasteiger partial charge in [0.1, 0.15) is 0 Å². The Labute approximate surface area is 202 Å². The van der Waals surface area contributed by atoms with Crippen LogP contribution in [0.25, 0.3) is 0 Å². The van der Waals surface area contributed by atoms with Gasteiger partial charge in [0.25, 0.3) is 0 Å². The fourth-order valence-corrected chi connectivity index (χ4v) is 5.54. The number of nitrogens with zero attached hydrogens (tertiary/aromatic N) is 5. The molecular formula is C26H36N6O2. The van der Waals surface area contributed by atoms with E-state index in [1.807, 2.05) is 19.3 Å². The maximum Gasteiger partial charge on any atom is 0.227 e. The number of aromatic nitrogens is 3. The fourth-order valence-electron chi connectivity index (χ4n) is 5.54. The van der Waals surface area contributed by atoms with Gasteiger partial charge in [0.2, 0.25) is 11.9 Å². The van der Waals surface area contributed by atoms with E-state index < -0.39 is 0 Å². The van der Waals surface area contributed by atoms with Gasteiger partial charge in [-0.15, -0.1) is 0 Å². The molecule has 2 aromatic rings. The number of likely N-dealkylation sites (N-methyl/N-ethyl adjacent to an activating group) is 1. The van der Waals surface area contributed by atoms with E-state index in [2.05, 4.69) is 51.2 Å². The minimum absolute atomic E-state index is 0.0358. The second-order valence-corrected chi connectivity index (χ2v) is 10.2. The predicted molar refractivity (Wildman–Crippen MR) is 131 cm³/mol. The molecule has 0 aliphatic carbocycles. The van der Waals surface area contributed by atoms with Crippen LogP contribution in [0, 0.1) is 12.8 Å². The Morgan fingerprint density at radius 3 is 2.74 bits per heavy atom. The molecule has 3 aliphatic rings. The first-order valence-electron chi connectivity index (χ1n) is 12.6. The first kappa shape index (κ1) is 23.2. The van der Waals surface area contributed by atoms with Crippen molar-refractivity contribution in [2.24, 2.45) is 5.92 Å². The van der Waals surface area contributed by atoms with Gasteiger partial charge in [-0.1, -0.05) is 6.07 Å². The Morgan fingerprint density at radius 2 is 1.97 bits per heavy atom. The van der Waals surface area contributed by atoms with Crippen molar-refractivity contribution < 1.29 is 9.53 Å². The number of likely N-dealkylation sites (tertiary alicyclic amines) is 1.